The molecule has 9 heteroatoms. The van der Waals surface area contributed by atoms with E-state index in [1.807, 2.05) is 0 Å². The maximum atomic E-state index is 13.4. The lowest BCUT2D eigenvalue weighted by Gasteiger charge is -2.16. The average Bonchev–Trinajstić information content (AvgIpc) is 3.04. The summed E-state index contributed by atoms with van der Waals surface area (Å²) in [5, 5.41) is 13.9. The first-order valence-electron chi connectivity index (χ1n) is 9.43. The van der Waals surface area contributed by atoms with Crippen LogP contribution in [0.5, 0.6) is 5.75 Å². The van der Waals surface area contributed by atoms with Crippen molar-refractivity contribution in [2.45, 2.75) is 0 Å². The normalized spacial score (nSPS) is 13.5. The third kappa shape index (κ3) is 3.79. The van der Waals surface area contributed by atoms with Crippen LogP contribution >= 0.6 is 0 Å². The van der Waals surface area contributed by atoms with E-state index in [1.165, 1.54) is 55.6 Å². The van der Waals surface area contributed by atoms with E-state index in [-0.39, 0.29) is 17.0 Å². The zero-order chi connectivity index (χ0) is 22.8. The molecule has 3 aromatic rings. The first kappa shape index (κ1) is 20.7. The number of imide groups is 1. The lowest BCUT2D eigenvalue weighted by atomic mass is 10.0. The van der Waals surface area contributed by atoms with Gasteiger partial charge in [-0.25, -0.2) is 9.29 Å². The summed E-state index contributed by atoms with van der Waals surface area (Å²) in [6.45, 7) is 0. The molecule has 4 rings (SSSR count). The number of nitro benzene ring substituents is 1. The molecule has 0 atom stereocenters. The van der Waals surface area contributed by atoms with Crippen molar-refractivity contribution >= 4 is 34.4 Å². The predicted molar refractivity (Wildman–Crippen MR) is 116 cm³/mol. The number of hydrogen-bond acceptors (Lipinski definition) is 6. The van der Waals surface area contributed by atoms with E-state index in [0.29, 0.717) is 22.7 Å². The fourth-order valence-electron chi connectivity index (χ4n) is 3.32. The molecule has 0 spiro atoms. The van der Waals surface area contributed by atoms with Crippen LogP contribution in [0.15, 0.2) is 78.5 Å². The maximum absolute atomic E-state index is 13.4. The highest BCUT2D eigenvalue weighted by Crippen LogP contribution is 2.35. The molecule has 0 saturated heterocycles. The molecule has 0 saturated carbocycles. The lowest BCUT2D eigenvalue weighted by Crippen LogP contribution is -2.32. The molecular formula is C23H16FN3O5. The Bertz CT molecular complexity index is 1250. The minimum absolute atomic E-state index is 0.0294. The molecule has 160 valence electrons. The molecule has 8 nitrogen and oxygen atoms in total. The molecule has 1 aliphatic rings. The van der Waals surface area contributed by atoms with Crippen molar-refractivity contribution in [1.82, 2.24) is 0 Å². The minimum atomic E-state index is -0.624. The van der Waals surface area contributed by atoms with Crippen LogP contribution in [0.4, 0.5) is 21.5 Å². The van der Waals surface area contributed by atoms with Crippen LogP contribution in [-0.4, -0.2) is 23.8 Å². The number of anilines is 2. The number of benzene rings is 3. The molecule has 32 heavy (non-hydrogen) atoms. The predicted octanol–water partition coefficient (Wildman–Crippen LogP) is 4.14. The zero-order valence-corrected chi connectivity index (χ0v) is 16.7. The number of nitrogens with zero attached hydrogens (tertiary/aromatic N) is 2. The number of nitro groups is 1. The van der Waals surface area contributed by atoms with E-state index in [0.717, 1.165) is 4.90 Å². The van der Waals surface area contributed by atoms with Gasteiger partial charge in [0.2, 0.25) is 0 Å². The van der Waals surface area contributed by atoms with Gasteiger partial charge in [-0.2, -0.15) is 0 Å². The fraction of sp³-hybridized carbons (Fsp3) is 0.0435. The lowest BCUT2D eigenvalue weighted by molar-refractivity contribution is -0.384. The number of carbonyl (C=O) groups is 2. The summed E-state index contributed by atoms with van der Waals surface area (Å²) in [5.41, 5.74) is 0.882. The van der Waals surface area contributed by atoms with E-state index in [9.17, 15) is 24.1 Å². The Labute approximate surface area is 181 Å². The van der Waals surface area contributed by atoms with Gasteiger partial charge in [-0.15, -0.1) is 0 Å². The highest BCUT2D eigenvalue weighted by Gasteiger charge is 2.40. The van der Waals surface area contributed by atoms with Crippen molar-refractivity contribution in [3.63, 3.8) is 0 Å². The van der Waals surface area contributed by atoms with Crippen LogP contribution in [0, 0.1) is 15.9 Å². The molecule has 3 aromatic carbocycles. The topological polar surface area (TPSA) is 102 Å². The average molecular weight is 433 g/mol. The van der Waals surface area contributed by atoms with Crippen molar-refractivity contribution in [2.24, 2.45) is 0 Å². The monoisotopic (exact) mass is 433 g/mol. The minimum Gasteiger partial charge on any atom is -0.497 e. The van der Waals surface area contributed by atoms with Gasteiger partial charge in [0.1, 0.15) is 17.3 Å². The van der Waals surface area contributed by atoms with Crippen molar-refractivity contribution in [1.29, 1.82) is 0 Å². The van der Waals surface area contributed by atoms with Crippen LogP contribution in [0.3, 0.4) is 0 Å². The second kappa shape index (κ2) is 8.31. The standard InChI is InChI=1S/C23H16FN3O5/c1-32-19-4-2-3-18(13-19)26-22(28)20(14-5-11-17(12-6-14)27(30)31)21(23(26)29)25-16-9-7-15(24)8-10-16/h2-13,25H,1H3. The summed E-state index contributed by atoms with van der Waals surface area (Å²) >= 11 is 0. The highest BCUT2D eigenvalue weighted by molar-refractivity contribution is 6.46. The Hall–Kier alpha value is -4.53. The smallest absolute Gasteiger partial charge is 0.282 e. The molecule has 0 unspecified atom stereocenters. The van der Waals surface area contributed by atoms with Gasteiger partial charge in [0.25, 0.3) is 17.5 Å². The molecule has 0 radical (unpaired) electrons. The van der Waals surface area contributed by atoms with E-state index < -0.39 is 22.6 Å². The summed E-state index contributed by atoms with van der Waals surface area (Å²) in [6.07, 6.45) is 0. The van der Waals surface area contributed by atoms with E-state index in [4.69, 9.17) is 4.74 Å². The quantitative estimate of drug-likeness (QED) is 0.356. The summed E-state index contributed by atoms with van der Waals surface area (Å²) in [7, 11) is 1.47. The Morgan fingerprint density at radius 1 is 0.969 bits per heavy atom. The van der Waals surface area contributed by atoms with Crippen molar-refractivity contribution in [3.8, 4) is 5.75 Å². The Morgan fingerprint density at radius 2 is 1.66 bits per heavy atom. The SMILES string of the molecule is COc1cccc(N2C(=O)C(Nc3ccc(F)cc3)=C(c3ccc([N+](=O)[O-])cc3)C2=O)c1. The number of halogens is 1. The van der Waals surface area contributed by atoms with Gasteiger partial charge < -0.3 is 10.1 Å². The summed E-state index contributed by atoms with van der Waals surface area (Å²) in [4.78, 5) is 38.1. The van der Waals surface area contributed by atoms with E-state index in [2.05, 4.69) is 5.32 Å². The third-order valence-corrected chi connectivity index (χ3v) is 4.88. The summed E-state index contributed by atoms with van der Waals surface area (Å²) < 4.78 is 18.5. The fourth-order valence-corrected chi connectivity index (χ4v) is 3.32. The second-order valence-corrected chi connectivity index (χ2v) is 6.83. The number of ether oxygens (including phenoxy) is 1. The van der Waals surface area contributed by atoms with Crippen LogP contribution < -0.4 is 15.0 Å². The maximum Gasteiger partial charge on any atom is 0.282 e. The Morgan fingerprint density at radius 3 is 2.28 bits per heavy atom. The Kier molecular flexibility index (Phi) is 5.38. The van der Waals surface area contributed by atoms with Crippen LogP contribution in [-0.2, 0) is 9.59 Å². The number of non-ortho nitro benzene ring substituents is 1. The van der Waals surface area contributed by atoms with Crippen LogP contribution in [0.1, 0.15) is 5.56 Å². The van der Waals surface area contributed by atoms with Gasteiger partial charge in [0.05, 0.1) is 23.3 Å². The van der Waals surface area contributed by atoms with Crippen molar-refractivity contribution < 1.29 is 23.6 Å². The number of hydrogen-bond donors (Lipinski definition) is 1. The van der Waals surface area contributed by atoms with Crippen LogP contribution in [0.2, 0.25) is 0 Å². The van der Waals surface area contributed by atoms with Gasteiger partial charge in [-0.05, 0) is 54.1 Å². The first-order valence-corrected chi connectivity index (χ1v) is 9.43. The zero-order valence-electron chi connectivity index (χ0n) is 16.7. The number of carbonyl (C=O) groups excluding carboxylic acids is 2. The van der Waals surface area contributed by atoms with Gasteiger partial charge in [0, 0.05) is 23.9 Å². The van der Waals surface area contributed by atoms with Gasteiger partial charge in [0.15, 0.2) is 0 Å². The van der Waals surface area contributed by atoms with Gasteiger partial charge >= 0.3 is 0 Å². The Balaban J connectivity index is 1.81. The largest absolute Gasteiger partial charge is 0.497 e. The van der Waals surface area contributed by atoms with E-state index >= 15 is 0 Å². The molecule has 1 N–H and O–H groups in total. The van der Waals surface area contributed by atoms with E-state index in [1.54, 1.807) is 24.3 Å². The molecule has 1 aliphatic heterocycles. The first-order chi connectivity index (χ1) is 15.4. The third-order valence-electron chi connectivity index (χ3n) is 4.88. The second-order valence-electron chi connectivity index (χ2n) is 6.83. The van der Waals surface area contributed by atoms with Gasteiger partial charge in [-0.1, -0.05) is 6.07 Å². The van der Waals surface area contributed by atoms with Crippen LogP contribution in [0.25, 0.3) is 5.57 Å². The van der Waals surface area contributed by atoms with Crippen molar-refractivity contribution in [3.05, 3.63) is 100.0 Å². The molecule has 0 aliphatic carbocycles. The summed E-state index contributed by atoms with van der Waals surface area (Å²) in [6, 6.07) is 17.1. The number of rotatable bonds is 6. The molecule has 0 fully saturated rings. The molecule has 0 bridgehead atoms. The highest BCUT2D eigenvalue weighted by atomic mass is 19.1. The number of nitrogens with one attached hydrogen (secondary N) is 1. The van der Waals surface area contributed by atoms with Crippen molar-refractivity contribution in [2.75, 3.05) is 17.3 Å². The molecule has 2 amide bonds. The molecule has 0 aromatic heterocycles. The number of methoxy groups -OCH3 is 1. The number of amides is 2. The van der Waals surface area contributed by atoms with Gasteiger partial charge in [-0.3, -0.25) is 19.7 Å². The summed E-state index contributed by atoms with van der Waals surface area (Å²) in [5.74, 6) is -1.23. The molecular weight excluding hydrogens is 417 g/mol. The molecule has 1 heterocycles.